The fourth-order valence-electron chi connectivity index (χ4n) is 2.87. The molecule has 0 radical (unpaired) electrons. The normalized spacial score (nSPS) is 20.2. The van der Waals surface area contributed by atoms with E-state index in [4.69, 9.17) is 4.74 Å². The third-order valence-electron chi connectivity index (χ3n) is 4.40. The van der Waals surface area contributed by atoms with Crippen LogP contribution >= 0.6 is 0 Å². The number of benzene rings is 1. The zero-order chi connectivity index (χ0) is 17.5. The van der Waals surface area contributed by atoms with E-state index in [9.17, 15) is 9.18 Å². The van der Waals surface area contributed by atoms with Crippen molar-refractivity contribution in [3.05, 3.63) is 41.3 Å². The van der Waals surface area contributed by atoms with Crippen LogP contribution < -0.4 is 0 Å². The average Bonchev–Trinajstić information content (AvgIpc) is 3.02. The van der Waals surface area contributed by atoms with Crippen LogP contribution in [0.4, 0.5) is 4.39 Å². The number of hydrogen-bond acceptors (Lipinski definition) is 3. The largest absolute Gasteiger partial charge is 0.374 e. The van der Waals surface area contributed by atoms with Gasteiger partial charge in [0.15, 0.2) is 0 Å². The van der Waals surface area contributed by atoms with Gasteiger partial charge in [-0.25, -0.2) is 4.39 Å². The third kappa shape index (κ3) is 3.06. The number of aromatic nitrogens is 2. The number of nitrogens with zero attached hydrogens (tertiary/aromatic N) is 2. The molecular formula is C18H22FN3O2. The van der Waals surface area contributed by atoms with Crippen molar-refractivity contribution in [3.63, 3.8) is 0 Å². The van der Waals surface area contributed by atoms with Crippen LogP contribution in [0.2, 0.25) is 0 Å². The maximum Gasteiger partial charge on any atom is 0.272 e. The molecule has 1 aromatic carbocycles. The number of carbonyl (C=O) groups is 1. The van der Waals surface area contributed by atoms with Gasteiger partial charge in [-0.3, -0.25) is 9.89 Å². The standard InChI is InChI=1S/C18H22FN3O2/c1-11-7-13(5-6-14(11)19)15-8-16(21-20-15)17(23)22-9-12(2)24-10-18(22,3)4/h5-8,12H,9-10H2,1-4H3,(H,20,21). The number of amides is 1. The Bertz CT molecular complexity index is 769. The summed E-state index contributed by atoms with van der Waals surface area (Å²) in [6.07, 6.45) is 0.00381. The van der Waals surface area contributed by atoms with E-state index in [2.05, 4.69) is 10.2 Å². The summed E-state index contributed by atoms with van der Waals surface area (Å²) in [6, 6.07) is 6.51. The number of halogens is 1. The first-order valence-electron chi connectivity index (χ1n) is 8.03. The minimum Gasteiger partial charge on any atom is -0.374 e. The first kappa shape index (κ1) is 16.6. The Hall–Kier alpha value is -2.21. The molecule has 0 aliphatic carbocycles. The monoisotopic (exact) mass is 331 g/mol. The van der Waals surface area contributed by atoms with Crippen LogP contribution in [0.5, 0.6) is 0 Å². The van der Waals surface area contributed by atoms with Crippen molar-refractivity contribution in [1.29, 1.82) is 0 Å². The number of rotatable bonds is 2. The molecule has 6 heteroatoms. The number of morpholine rings is 1. The lowest BCUT2D eigenvalue weighted by Crippen LogP contribution is -2.57. The molecule has 1 atom stereocenters. The Kier molecular flexibility index (Phi) is 4.17. The maximum atomic E-state index is 13.4. The highest BCUT2D eigenvalue weighted by Gasteiger charge is 2.37. The number of carbonyl (C=O) groups excluding carboxylic acids is 1. The van der Waals surface area contributed by atoms with Gasteiger partial charge in [0.1, 0.15) is 11.5 Å². The van der Waals surface area contributed by atoms with Crippen LogP contribution in [0, 0.1) is 12.7 Å². The van der Waals surface area contributed by atoms with Crippen molar-refractivity contribution in [2.75, 3.05) is 13.2 Å². The van der Waals surface area contributed by atoms with Crippen molar-refractivity contribution >= 4 is 5.91 Å². The van der Waals surface area contributed by atoms with E-state index in [-0.39, 0.29) is 23.4 Å². The van der Waals surface area contributed by atoms with Crippen LogP contribution in [0.3, 0.4) is 0 Å². The number of nitrogens with one attached hydrogen (secondary N) is 1. The molecule has 24 heavy (non-hydrogen) atoms. The number of hydrogen-bond donors (Lipinski definition) is 1. The molecule has 2 aromatic rings. The molecule has 0 bridgehead atoms. The predicted octanol–water partition coefficient (Wildman–Crippen LogP) is 3.16. The molecule has 1 fully saturated rings. The van der Waals surface area contributed by atoms with Crippen molar-refractivity contribution in [1.82, 2.24) is 15.1 Å². The Morgan fingerprint density at radius 1 is 1.42 bits per heavy atom. The minimum absolute atomic E-state index is 0.00381. The summed E-state index contributed by atoms with van der Waals surface area (Å²) in [5, 5.41) is 7.03. The van der Waals surface area contributed by atoms with Gasteiger partial charge in [0.05, 0.1) is 23.9 Å². The first-order valence-corrected chi connectivity index (χ1v) is 8.03. The number of aryl methyl sites for hydroxylation is 1. The van der Waals surface area contributed by atoms with Gasteiger partial charge in [0.2, 0.25) is 0 Å². The van der Waals surface area contributed by atoms with Crippen molar-refractivity contribution < 1.29 is 13.9 Å². The van der Waals surface area contributed by atoms with Crippen molar-refractivity contribution in [2.24, 2.45) is 0 Å². The molecular weight excluding hydrogens is 309 g/mol. The molecule has 1 aliphatic heterocycles. The molecule has 1 aliphatic rings. The van der Waals surface area contributed by atoms with Crippen LogP contribution in [0.1, 0.15) is 36.8 Å². The van der Waals surface area contributed by atoms with Gasteiger partial charge in [0.25, 0.3) is 5.91 Å². The van der Waals surface area contributed by atoms with Crippen LogP contribution in [0.25, 0.3) is 11.3 Å². The Labute approximate surface area is 140 Å². The molecule has 1 unspecified atom stereocenters. The number of ether oxygens (including phenoxy) is 1. The molecule has 2 heterocycles. The van der Waals surface area contributed by atoms with Crippen LogP contribution in [-0.2, 0) is 4.74 Å². The molecule has 0 saturated carbocycles. The van der Waals surface area contributed by atoms with E-state index in [1.54, 1.807) is 25.1 Å². The van der Waals surface area contributed by atoms with E-state index in [0.29, 0.717) is 30.1 Å². The van der Waals surface area contributed by atoms with E-state index in [0.717, 1.165) is 5.56 Å². The molecule has 0 spiro atoms. The summed E-state index contributed by atoms with van der Waals surface area (Å²) in [5.41, 5.74) is 2.00. The third-order valence-corrected chi connectivity index (χ3v) is 4.40. The van der Waals surface area contributed by atoms with Gasteiger partial charge in [-0.15, -0.1) is 0 Å². The van der Waals surface area contributed by atoms with Crippen LogP contribution in [-0.4, -0.2) is 45.8 Å². The summed E-state index contributed by atoms with van der Waals surface area (Å²) in [4.78, 5) is 14.7. The fourth-order valence-corrected chi connectivity index (χ4v) is 2.87. The Balaban J connectivity index is 1.86. The quantitative estimate of drug-likeness (QED) is 0.919. The zero-order valence-corrected chi connectivity index (χ0v) is 14.4. The number of aromatic amines is 1. The second-order valence-electron chi connectivity index (χ2n) is 6.98. The molecule has 1 N–H and O–H groups in total. The van der Waals surface area contributed by atoms with Gasteiger partial charge in [0, 0.05) is 12.1 Å². The molecule has 3 rings (SSSR count). The summed E-state index contributed by atoms with van der Waals surface area (Å²) < 4.78 is 19.1. The van der Waals surface area contributed by atoms with Crippen molar-refractivity contribution in [2.45, 2.75) is 39.3 Å². The maximum absolute atomic E-state index is 13.4. The number of H-pyrrole nitrogens is 1. The highest BCUT2D eigenvalue weighted by molar-refractivity contribution is 5.94. The van der Waals surface area contributed by atoms with Gasteiger partial charge in [-0.05, 0) is 57.5 Å². The predicted molar refractivity (Wildman–Crippen MR) is 89.2 cm³/mol. The minimum atomic E-state index is -0.374. The topological polar surface area (TPSA) is 58.2 Å². The molecule has 1 aromatic heterocycles. The highest BCUT2D eigenvalue weighted by atomic mass is 19.1. The van der Waals surface area contributed by atoms with Crippen LogP contribution in [0.15, 0.2) is 24.3 Å². The van der Waals surface area contributed by atoms with E-state index < -0.39 is 0 Å². The average molecular weight is 331 g/mol. The molecule has 1 saturated heterocycles. The smallest absolute Gasteiger partial charge is 0.272 e. The van der Waals surface area contributed by atoms with E-state index >= 15 is 0 Å². The molecule has 1 amide bonds. The first-order chi connectivity index (χ1) is 11.3. The lowest BCUT2D eigenvalue weighted by Gasteiger charge is -2.44. The van der Waals surface area contributed by atoms with E-state index in [1.807, 2.05) is 25.7 Å². The Morgan fingerprint density at radius 2 is 2.17 bits per heavy atom. The second-order valence-corrected chi connectivity index (χ2v) is 6.98. The summed E-state index contributed by atoms with van der Waals surface area (Å²) >= 11 is 0. The van der Waals surface area contributed by atoms with Gasteiger partial charge in [-0.2, -0.15) is 5.10 Å². The second kappa shape index (κ2) is 6.02. The summed E-state index contributed by atoms with van der Waals surface area (Å²) in [5.74, 6) is -0.359. The summed E-state index contributed by atoms with van der Waals surface area (Å²) in [6.45, 7) is 8.66. The van der Waals surface area contributed by atoms with Gasteiger partial charge in [-0.1, -0.05) is 0 Å². The SMILES string of the molecule is Cc1cc(-c2cc(C(=O)N3CC(C)OCC3(C)C)[nH]n2)ccc1F. The molecule has 5 nitrogen and oxygen atoms in total. The van der Waals surface area contributed by atoms with Gasteiger partial charge >= 0.3 is 0 Å². The lowest BCUT2D eigenvalue weighted by atomic mass is 10.00. The Morgan fingerprint density at radius 3 is 2.88 bits per heavy atom. The zero-order valence-electron chi connectivity index (χ0n) is 14.4. The fraction of sp³-hybridized carbons (Fsp3) is 0.444. The lowest BCUT2D eigenvalue weighted by molar-refractivity contribution is -0.0757. The van der Waals surface area contributed by atoms with E-state index in [1.165, 1.54) is 6.07 Å². The van der Waals surface area contributed by atoms with Crippen molar-refractivity contribution in [3.8, 4) is 11.3 Å². The summed E-state index contributed by atoms with van der Waals surface area (Å²) in [7, 11) is 0. The van der Waals surface area contributed by atoms with Gasteiger partial charge < -0.3 is 9.64 Å². The molecule has 128 valence electrons. The highest BCUT2D eigenvalue weighted by Crippen LogP contribution is 2.26.